The van der Waals surface area contributed by atoms with Crippen molar-refractivity contribution in [1.82, 2.24) is 15.3 Å². The van der Waals surface area contributed by atoms with Crippen molar-refractivity contribution >= 4 is 39.2 Å². The molecule has 0 bridgehead atoms. The van der Waals surface area contributed by atoms with Crippen molar-refractivity contribution in [2.75, 3.05) is 20.3 Å². The third-order valence-corrected chi connectivity index (χ3v) is 6.38. The summed E-state index contributed by atoms with van der Waals surface area (Å²) in [6.45, 7) is 9.13. The number of thiophene rings is 1. The molecule has 0 saturated heterocycles. The number of fused-ring (bicyclic) bond motifs is 1. The number of aromatic nitrogens is 2. The largest absolute Gasteiger partial charge is 0.383 e. The minimum absolute atomic E-state index is 0.102. The summed E-state index contributed by atoms with van der Waals surface area (Å²) in [5.41, 5.74) is 0.988. The van der Waals surface area contributed by atoms with Gasteiger partial charge in [-0.3, -0.25) is 9.59 Å². The predicted molar refractivity (Wildman–Crippen MR) is 108 cm³/mol. The molecule has 144 valence electrons. The second-order valence-corrected chi connectivity index (χ2v) is 8.98. The van der Waals surface area contributed by atoms with Gasteiger partial charge < -0.3 is 15.0 Å². The molecule has 0 aromatic carbocycles. The van der Waals surface area contributed by atoms with E-state index in [1.165, 1.54) is 11.8 Å². The number of thioether (sulfide) groups is 1. The molecule has 2 heterocycles. The second-order valence-electron chi connectivity index (χ2n) is 6.45. The Kier molecular flexibility index (Phi) is 7.67. The van der Waals surface area contributed by atoms with Crippen LogP contribution < -0.4 is 10.9 Å². The van der Waals surface area contributed by atoms with E-state index in [0.717, 1.165) is 28.1 Å². The van der Waals surface area contributed by atoms with E-state index >= 15 is 0 Å². The molecule has 0 aliphatic carbocycles. The van der Waals surface area contributed by atoms with Crippen molar-refractivity contribution in [1.29, 1.82) is 0 Å². The van der Waals surface area contributed by atoms with E-state index in [0.29, 0.717) is 29.6 Å². The number of aryl methyl sites for hydroxylation is 1. The Labute approximate surface area is 162 Å². The summed E-state index contributed by atoms with van der Waals surface area (Å²) in [5.74, 6) is 0.422. The fourth-order valence-electron chi connectivity index (χ4n) is 2.59. The minimum atomic E-state index is -0.354. The third-order valence-electron chi connectivity index (χ3n) is 4.35. The zero-order chi connectivity index (χ0) is 19.3. The SMILES string of the molecule is CC[C@H](C)Cc1c(C)sc2nc(S[C@@H](C)C(=O)NCCOC)[nH]c(=O)c12. The minimum Gasteiger partial charge on any atom is -0.383 e. The smallest absolute Gasteiger partial charge is 0.260 e. The van der Waals surface area contributed by atoms with E-state index in [2.05, 4.69) is 29.1 Å². The van der Waals surface area contributed by atoms with Crippen LogP contribution in [0.15, 0.2) is 9.95 Å². The molecule has 0 spiro atoms. The molecule has 0 aliphatic heterocycles. The average molecular weight is 398 g/mol. The number of methoxy groups -OCH3 is 1. The Hall–Kier alpha value is -1.38. The zero-order valence-corrected chi connectivity index (χ0v) is 17.6. The molecule has 0 unspecified atom stereocenters. The Morgan fingerprint density at radius 3 is 2.81 bits per heavy atom. The lowest BCUT2D eigenvalue weighted by molar-refractivity contribution is -0.120. The van der Waals surface area contributed by atoms with Crippen molar-refractivity contribution in [3.63, 3.8) is 0 Å². The monoisotopic (exact) mass is 397 g/mol. The van der Waals surface area contributed by atoms with Crippen molar-refractivity contribution in [3.8, 4) is 0 Å². The van der Waals surface area contributed by atoms with Gasteiger partial charge in [-0.25, -0.2) is 4.98 Å². The highest BCUT2D eigenvalue weighted by Crippen LogP contribution is 2.31. The Morgan fingerprint density at radius 2 is 2.15 bits per heavy atom. The van der Waals surface area contributed by atoms with Gasteiger partial charge in [-0.2, -0.15) is 0 Å². The molecule has 1 amide bonds. The number of aromatic amines is 1. The van der Waals surface area contributed by atoms with Crippen LogP contribution in [0.2, 0.25) is 0 Å². The molecule has 2 atom stereocenters. The first-order chi connectivity index (χ1) is 12.4. The molecular weight excluding hydrogens is 370 g/mol. The normalized spacial score (nSPS) is 13.7. The Morgan fingerprint density at radius 1 is 1.42 bits per heavy atom. The molecule has 0 aliphatic rings. The van der Waals surface area contributed by atoms with Crippen LogP contribution in [0.5, 0.6) is 0 Å². The molecule has 2 aromatic rings. The van der Waals surface area contributed by atoms with Gasteiger partial charge in [-0.15, -0.1) is 11.3 Å². The molecule has 0 fully saturated rings. The maximum atomic E-state index is 12.6. The first kappa shape index (κ1) is 20.9. The maximum Gasteiger partial charge on any atom is 0.260 e. The van der Waals surface area contributed by atoms with Crippen molar-refractivity contribution < 1.29 is 9.53 Å². The summed E-state index contributed by atoms with van der Waals surface area (Å²) in [6.07, 6.45) is 1.96. The second kappa shape index (κ2) is 9.53. The topological polar surface area (TPSA) is 84.1 Å². The summed E-state index contributed by atoms with van der Waals surface area (Å²) < 4.78 is 4.92. The number of hydrogen-bond acceptors (Lipinski definition) is 6. The highest BCUT2D eigenvalue weighted by atomic mass is 32.2. The van der Waals surface area contributed by atoms with Gasteiger partial charge in [-0.05, 0) is 31.7 Å². The van der Waals surface area contributed by atoms with E-state index in [4.69, 9.17) is 4.74 Å². The van der Waals surface area contributed by atoms with Crippen LogP contribution in [-0.4, -0.2) is 41.4 Å². The molecule has 6 nitrogen and oxygen atoms in total. The van der Waals surface area contributed by atoms with E-state index in [9.17, 15) is 9.59 Å². The molecule has 0 radical (unpaired) electrons. The highest BCUT2D eigenvalue weighted by Gasteiger charge is 2.19. The molecule has 2 rings (SSSR count). The molecule has 26 heavy (non-hydrogen) atoms. The first-order valence-corrected chi connectivity index (χ1v) is 10.5. The van der Waals surface area contributed by atoms with Crippen LogP contribution in [-0.2, 0) is 16.0 Å². The average Bonchev–Trinajstić information content (AvgIpc) is 2.90. The Balaban J connectivity index is 2.21. The summed E-state index contributed by atoms with van der Waals surface area (Å²) in [6, 6.07) is 0. The van der Waals surface area contributed by atoms with Crippen LogP contribution in [0.25, 0.3) is 10.2 Å². The van der Waals surface area contributed by atoms with Crippen LogP contribution >= 0.6 is 23.1 Å². The first-order valence-electron chi connectivity index (χ1n) is 8.82. The van der Waals surface area contributed by atoms with Gasteiger partial charge in [0.25, 0.3) is 5.56 Å². The third kappa shape index (κ3) is 5.08. The van der Waals surface area contributed by atoms with Crippen LogP contribution in [0.4, 0.5) is 0 Å². The number of ether oxygens (including phenoxy) is 1. The fourth-order valence-corrected chi connectivity index (χ4v) is 4.52. The number of carbonyl (C=O) groups excluding carboxylic acids is 1. The van der Waals surface area contributed by atoms with E-state index in [1.807, 2.05) is 6.92 Å². The lowest BCUT2D eigenvalue weighted by Gasteiger charge is -2.11. The van der Waals surface area contributed by atoms with Gasteiger partial charge in [0.1, 0.15) is 4.83 Å². The van der Waals surface area contributed by atoms with Crippen molar-refractivity contribution in [3.05, 3.63) is 20.8 Å². The number of hydrogen-bond donors (Lipinski definition) is 2. The van der Waals surface area contributed by atoms with Gasteiger partial charge >= 0.3 is 0 Å². The standard InChI is InChI=1S/C18H27N3O3S2/c1-6-10(2)9-13-11(3)25-17-14(13)16(23)20-18(21-17)26-12(4)15(22)19-7-8-24-5/h10,12H,6-9H2,1-5H3,(H,19,22)(H,20,21,23)/t10-,12-/m0/s1. The Bertz CT molecular complexity index is 816. The molecular formula is C18H27N3O3S2. The number of nitrogens with one attached hydrogen (secondary N) is 2. The molecule has 2 N–H and O–H groups in total. The number of nitrogens with zero attached hydrogens (tertiary/aromatic N) is 1. The maximum absolute atomic E-state index is 12.6. The van der Waals surface area contributed by atoms with Gasteiger partial charge in [0.05, 0.1) is 17.2 Å². The van der Waals surface area contributed by atoms with Crippen LogP contribution in [0, 0.1) is 12.8 Å². The van der Waals surface area contributed by atoms with E-state index in [1.54, 1.807) is 25.4 Å². The molecule has 2 aromatic heterocycles. The fraction of sp³-hybridized carbons (Fsp3) is 0.611. The predicted octanol–water partition coefficient (Wildman–Crippen LogP) is 3.12. The number of carbonyl (C=O) groups is 1. The van der Waals surface area contributed by atoms with Crippen LogP contribution in [0.1, 0.15) is 37.6 Å². The molecule has 0 saturated carbocycles. The van der Waals surface area contributed by atoms with Gasteiger partial charge in [0.2, 0.25) is 5.91 Å². The summed E-state index contributed by atoms with van der Waals surface area (Å²) in [7, 11) is 1.59. The lowest BCUT2D eigenvalue weighted by Crippen LogP contribution is -2.33. The van der Waals surface area contributed by atoms with Crippen LogP contribution in [0.3, 0.4) is 0 Å². The van der Waals surface area contributed by atoms with Crippen molar-refractivity contribution in [2.45, 2.75) is 50.9 Å². The molecule has 8 heteroatoms. The van der Waals surface area contributed by atoms with Gasteiger partial charge in [-0.1, -0.05) is 32.0 Å². The highest BCUT2D eigenvalue weighted by molar-refractivity contribution is 8.00. The summed E-state index contributed by atoms with van der Waals surface area (Å²) >= 11 is 2.81. The van der Waals surface area contributed by atoms with E-state index in [-0.39, 0.29) is 16.7 Å². The number of H-pyrrole nitrogens is 1. The quantitative estimate of drug-likeness (QED) is 0.386. The van der Waals surface area contributed by atoms with Gasteiger partial charge in [0.15, 0.2) is 5.16 Å². The van der Waals surface area contributed by atoms with Crippen molar-refractivity contribution in [2.24, 2.45) is 5.92 Å². The van der Waals surface area contributed by atoms with Gasteiger partial charge in [0, 0.05) is 18.5 Å². The summed E-state index contributed by atoms with van der Waals surface area (Å²) in [4.78, 5) is 34.1. The summed E-state index contributed by atoms with van der Waals surface area (Å²) in [5, 5.41) is 3.62. The van der Waals surface area contributed by atoms with E-state index < -0.39 is 0 Å². The number of amides is 1. The number of rotatable bonds is 9. The lowest BCUT2D eigenvalue weighted by atomic mass is 9.98. The zero-order valence-electron chi connectivity index (χ0n) is 16.0.